The molecule has 0 radical (unpaired) electrons. The SMILES string of the molecule is C=C(CC(C)C)C1=C(C)C=CC(CN)C=C1.CC.CC. The summed E-state index contributed by atoms with van der Waals surface area (Å²) in [6, 6.07) is 0. The molecule has 0 aromatic carbocycles. The molecule has 1 aliphatic carbocycles. The molecule has 1 atom stereocenters. The summed E-state index contributed by atoms with van der Waals surface area (Å²) < 4.78 is 0. The summed E-state index contributed by atoms with van der Waals surface area (Å²) in [7, 11) is 0. The first-order chi connectivity index (χ1) is 9.54. The van der Waals surface area contributed by atoms with E-state index < -0.39 is 0 Å². The van der Waals surface area contributed by atoms with Crippen LogP contribution < -0.4 is 5.73 Å². The second-order valence-electron chi connectivity index (χ2n) is 4.92. The van der Waals surface area contributed by atoms with Crippen molar-refractivity contribution in [1.82, 2.24) is 0 Å². The maximum atomic E-state index is 5.68. The average Bonchev–Trinajstić information content (AvgIpc) is 2.64. The lowest BCUT2D eigenvalue weighted by atomic mass is 9.94. The van der Waals surface area contributed by atoms with Gasteiger partial charge in [-0.2, -0.15) is 0 Å². The average molecular weight is 277 g/mol. The van der Waals surface area contributed by atoms with Crippen LogP contribution in [0.4, 0.5) is 0 Å². The van der Waals surface area contributed by atoms with Crippen molar-refractivity contribution in [3.05, 3.63) is 47.6 Å². The van der Waals surface area contributed by atoms with Crippen molar-refractivity contribution >= 4 is 0 Å². The van der Waals surface area contributed by atoms with Gasteiger partial charge in [0.1, 0.15) is 0 Å². The molecule has 116 valence electrons. The van der Waals surface area contributed by atoms with E-state index in [-0.39, 0.29) is 0 Å². The molecule has 1 unspecified atom stereocenters. The Morgan fingerprint density at radius 1 is 1.15 bits per heavy atom. The van der Waals surface area contributed by atoms with E-state index in [1.54, 1.807) is 0 Å². The third-order valence-corrected chi connectivity index (χ3v) is 2.84. The van der Waals surface area contributed by atoms with Gasteiger partial charge in [-0.3, -0.25) is 0 Å². The molecule has 0 bridgehead atoms. The van der Waals surface area contributed by atoms with Crippen molar-refractivity contribution in [1.29, 1.82) is 0 Å². The van der Waals surface area contributed by atoms with Gasteiger partial charge in [0.2, 0.25) is 0 Å². The van der Waals surface area contributed by atoms with Crippen LogP contribution in [0.25, 0.3) is 0 Å². The first-order valence-electron chi connectivity index (χ1n) is 8.00. The van der Waals surface area contributed by atoms with Gasteiger partial charge in [-0.05, 0) is 36.0 Å². The van der Waals surface area contributed by atoms with Crippen LogP contribution in [0.3, 0.4) is 0 Å². The van der Waals surface area contributed by atoms with Crippen molar-refractivity contribution in [2.24, 2.45) is 17.6 Å². The normalized spacial score (nSPS) is 16.9. The van der Waals surface area contributed by atoms with Gasteiger partial charge in [-0.1, -0.05) is 72.4 Å². The Bertz CT molecular complexity index is 343. The topological polar surface area (TPSA) is 26.0 Å². The standard InChI is InChI=1S/C15H23N.2C2H6/c1-11(2)9-13(4)15-8-7-14(10-16)6-5-12(15)3;2*1-2/h5-8,11,14H,4,9-10,16H2,1-3H3;2*1-2H3. The Morgan fingerprint density at radius 2 is 1.65 bits per heavy atom. The summed E-state index contributed by atoms with van der Waals surface area (Å²) in [5, 5.41) is 0. The molecule has 1 aliphatic rings. The molecular formula is C19H35N. The molecular weight excluding hydrogens is 242 g/mol. The Hall–Kier alpha value is -1.08. The number of allylic oxidation sites excluding steroid dienone is 5. The third kappa shape index (κ3) is 8.16. The molecule has 1 heteroatoms. The number of hydrogen-bond donors (Lipinski definition) is 1. The molecule has 0 aromatic heterocycles. The smallest absolute Gasteiger partial charge is 0.00760 e. The van der Waals surface area contributed by atoms with Crippen molar-refractivity contribution in [2.45, 2.75) is 54.9 Å². The van der Waals surface area contributed by atoms with Gasteiger partial charge in [0.25, 0.3) is 0 Å². The predicted molar refractivity (Wildman–Crippen MR) is 94.8 cm³/mol. The third-order valence-electron chi connectivity index (χ3n) is 2.84. The maximum absolute atomic E-state index is 5.68. The highest BCUT2D eigenvalue weighted by Gasteiger charge is 2.08. The largest absolute Gasteiger partial charge is 0.330 e. The van der Waals surface area contributed by atoms with Gasteiger partial charge in [0.05, 0.1) is 0 Å². The van der Waals surface area contributed by atoms with E-state index >= 15 is 0 Å². The van der Waals surface area contributed by atoms with Crippen LogP contribution in [0.1, 0.15) is 54.9 Å². The molecule has 0 fully saturated rings. The van der Waals surface area contributed by atoms with Crippen LogP contribution >= 0.6 is 0 Å². The summed E-state index contributed by atoms with van der Waals surface area (Å²) in [5.74, 6) is 1.01. The Kier molecular flexibility index (Phi) is 13.7. The maximum Gasteiger partial charge on any atom is 0.00760 e. The van der Waals surface area contributed by atoms with Gasteiger partial charge in [0, 0.05) is 12.5 Å². The van der Waals surface area contributed by atoms with E-state index in [2.05, 4.69) is 51.7 Å². The first-order valence-corrected chi connectivity index (χ1v) is 8.00. The van der Waals surface area contributed by atoms with Crippen molar-refractivity contribution in [3.8, 4) is 0 Å². The molecule has 0 saturated heterocycles. The Morgan fingerprint density at radius 3 is 2.10 bits per heavy atom. The molecule has 20 heavy (non-hydrogen) atoms. The van der Waals surface area contributed by atoms with Crippen LogP contribution in [-0.4, -0.2) is 6.54 Å². The highest BCUT2D eigenvalue weighted by atomic mass is 14.5. The summed E-state index contributed by atoms with van der Waals surface area (Å²) in [4.78, 5) is 0. The van der Waals surface area contributed by atoms with Crippen molar-refractivity contribution < 1.29 is 0 Å². The van der Waals surface area contributed by atoms with Crippen LogP contribution in [0.5, 0.6) is 0 Å². The zero-order valence-corrected chi connectivity index (χ0v) is 14.7. The zero-order valence-electron chi connectivity index (χ0n) is 14.7. The summed E-state index contributed by atoms with van der Waals surface area (Å²) in [6.45, 7) is 19.4. The summed E-state index contributed by atoms with van der Waals surface area (Å²) >= 11 is 0. The zero-order chi connectivity index (χ0) is 16.1. The van der Waals surface area contributed by atoms with E-state index in [1.807, 2.05) is 27.7 Å². The highest BCUT2D eigenvalue weighted by Crippen LogP contribution is 2.25. The second-order valence-corrected chi connectivity index (χ2v) is 4.92. The van der Waals surface area contributed by atoms with Gasteiger partial charge in [-0.25, -0.2) is 0 Å². The van der Waals surface area contributed by atoms with Gasteiger partial charge >= 0.3 is 0 Å². The quantitative estimate of drug-likeness (QED) is 0.705. The minimum absolute atomic E-state index is 0.360. The number of hydrogen-bond acceptors (Lipinski definition) is 1. The minimum atomic E-state index is 0.360. The molecule has 1 rings (SSSR count). The monoisotopic (exact) mass is 277 g/mol. The molecule has 1 nitrogen and oxygen atoms in total. The van der Waals surface area contributed by atoms with E-state index in [4.69, 9.17) is 5.73 Å². The molecule has 0 amide bonds. The molecule has 0 aliphatic heterocycles. The van der Waals surface area contributed by atoms with Gasteiger partial charge < -0.3 is 5.73 Å². The van der Waals surface area contributed by atoms with Crippen LogP contribution in [0.2, 0.25) is 0 Å². The fraction of sp³-hybridized carbons (Fsp3) is 0.579. The van der Waals surface area contributed by atoms with E-state index in [9.17, 15) is 0 Å². The molecule has 0 spiro atoms. The van der Waals surface area contributed by atoms with E-state index in [0.717, 1.165) is 6.42 Å². The summed E-state index contributed by atoms with van der Waals surface area (Å²) in [5.41, 5.74) is 9.47. The molecule has 0 aromatic rings. The highest BCUT2D eigenvalue weighted by molar-refractivity contribution is 5.47. The van der Waals surface area contributed by atoms with Gasteiger partial charge in [0.15, 0.2) is 0 Å². The fourth-order valence-corrected chi connectivity index (χ4v) is 1.93. The summed E-state index contributed by atoms with van der Waals surface area (Å²) in [6.07, 6.45) is 9.74. The fourth-order valence-electron chi connectivity index (χ4n) is 1.93. The van der Waals surface area contributed by atoms with Crippen LogP contribution in [0, 0.1) is 11.8 Å². The van der Waals surface area contributed by atoms with E-state index in [1.165, 1.54) is 16.7 Å². The number of nitrogens with two attached hydrogens (primary N) is 1. The lowest BCUT2D eigenvalue weighted by molar-refractivity contribution is 0.648. The molecule has 0 heterocycles. The lowest BCUT2D eigenvalue weighted by Gasteiger charge is -2.11. The van der Waals surface area contributed by atoms with Crippen molar-refractivity contribution in [2.75, 3.05) is 6.54 Å². The predicted octanol–water partition coefficient (Wildman–Crippen LogP) is 5.66. The minimum Gasteiger partial charge on any atom is -0.330 e. The Labute approximate surface area is 127 Å². The molecule has 0 saturated carbocycles. The Balaban J connectivity index is 0. The van der Waals surface area contributed by atoms with Crippen LogP contribution in [0.15, 0.2) is 47.6 Å². The van der Waals surface area contributed by atoms with Crippen LogP contribution in [-0.2, 0) is 0 Å². The second kappa shape index (κ2) is 12.9. The number of rotatable bonds is 4. The lowest BCUT2D eigenvalue weighted by Crippen LogP contribution is -2.08. The van der Waals surface area contributed by atoms with Gasteiger partial charge in [-0.15, -0.1) is 0 Å². The van der Waals surface area contributed by atoms with E-state index in [0.29, 0.717) is 18.4 Å². The van der Waals surface area contributed by atoms with Crippen molar-refractivity contribution in [3.63, 3.8) is 0 Å². The first kappa shape index (κ1) is 21.2. The molecule has 2 N–H and O–H groups in total.